The lowest BCUT2D eigenvalue weighted by atomic mass is 9.95. The normalized spacial score (nSPS) is 19.9. The van der Waals surface area contributed by atoms with Gasteiger partial charge in [-0.3, -0.25) is 14.6 Å². The first-order chi connectivity index (χ1) is 12.6. The van der Waals surface area contributed by atoms with E-state index < -0.39 is 0 Å². The molecule has 2 aromatic heterocycles. The van der Waals surface area contributed by atoms with E-state index in [1.807, 2.05) is 0 Å². The van der Waals surface area contributed by atoms with Crippen LogP contribution in [-0.4, -0.2) is 27.2 Å². The SMILES string of the molecule is O=C1NC(=S)S/C1=C\c1cc2cncc(C(=O)NC3CCCCC3)c2o1. The van der Waals surface area contributed by atoms with Crippen LogP contribution in [0.15, 0.2) is 27.8 Å². The van der Waals surface area contributed by atoms with Crippen molar-refractivity contribution in [1.29, 1.82) is 0 Å². The highest BCUT2D eigenvalue weighted by Gasteiger charge is 2.24. The molecule has 1 aliphatic carbocycles. The molecular weight excluding hydrogens is 370 g/mol. The number of furan rings is 1. The summed E-state index contributed by atoms with van der Waals surface area (Å²) in [5.41, 5.74) is 0.892. The first-order valence-corrected chi connectivity index (χ1v) is 9.76. The largest absolute Gasteiger partial charge is 0.456 e. The Kier molecular flexibility index (Phi) is 4.78. The number of rotatable bonds is 3. The molecule has 2 amide bonds. The van der Waals surface area contributed by atoms with Crippen molar-refractivity contribution < 1.29 is 14.0 Å². The Morgan fingerprint density at radius 3 is 2.88 bits per heavy atom. The number of hydrogen-bond acceptors (Lipinski definition) is 6. The molecule has 3 heterocycles. The first kappa shape index (κ1) is 17.2. The lowest BCUT2D eigenvalue weighted by Crippen LogP contribution is -2.36. The van der Waals surface area contributed by atoms with Crippen LogP contribution < -0.4 is 10.6 Å². The molecule has 2 N–H and O–H groups in total. The van der Waals surface area contributed by atoms with Crippen molar-refractivity contribution in [3.05, 3.63) is 34.7 Å². The fourth-order valence-corrected chi connectivity index (χ4v) is 4.30. The van der Waals surface area contributed by atoms with E-state index in [0.29, 0.717) is 26.1 Å². The molecule has 4 rings (SSSR count). The summed E-state index contributed by atoms with van der Waals surface area (Å²) in [4.78, 5) is 29.1. The Morgan fingerprint density at radius 1 is 1.35 bits per heavy atom. The van der Waals surface area contributed by atoms with Gasteiger partial charge in [-0.1, -0.05) is 43.2 Å². The summed E-state index contributed by atoms with van der Waals surface area (Å²) in [6.45, 7) is 0. The van der Waals surface area contributed by atoms with Gasteiger partial charge in [-0.2, -0.15) is 0 Å². The second-order valence-corrected chi connectivity index (χ2v) is 8.13. The van der Waals surface area contributed by atoms with Crippen LogP contribution in [0.25, 0.3) is 17.0 Å². The van der Waals surface area contributed by atoms with Crippen LogP contribution in [0.3, 0.4) is 0 Å². The van der Waals surface area contributed by atoms with Gasteiger partial charge >= 0.3 is 0 Å². The van der Waals surface area contributed by atoms with Crippen molar-refractivity contribution >= 4 is 57.2 Å². The van der Waals surface area contributed by atoms with Gasteiger partial charge in [-0.25, -0.2) is 0 Å². The summed E-state index contributed by atoms with van der Waals surface area (Å²) >= 11 is 6.17. The van der Waals surface area contributed by atoms with Crippen LogP contribution in [0.1, 0.15) is 48.2 Å². The number of amides is 2. The summed E-state index contributed by atoms with van der Waals surface area (Å²) in [6, 6.07) is 1.98. The Balaban J connectivity index is 1.61. The summed E-state index contributed by atoms with van der Waals surface area (Å²) in [5, 5.41) is 6.37. The number of aromatic nitrogens is 1. The van der Waals surface area contributed by atoms with Gasteiger partial charge in [-0.15, -0.1) is 0 Å². The first-order valence-electron chi connectivity index (χ1n) is 8.53. The molecule has 8 heteroatoms. The van der Waals surface area contributed by atoms with Crippen molar-refractivity contribution in [2.75, 3.05) is 0 Å². The van der Waals surface area contributed by atoms with Crippen molar-refractivity contribution in [1.82, 2.24) is 15.6 Å². The Bertz CT molecular complexity index is 929. The zero-order valence-corrected chi connectivity index (χ0v) is 15.5. The number of carbonyl (C=O) groups is 2. The third-order valence-corrected chi connectivity index (χ3v) is 5.70. The van der Waals surface area contributed by atoms with Gasteiger partial charge in [0.2, 0.25) is 0 Å². The highest BCUT2D eigenvalue weighted by molar-refractivity contribution is 8.26. The van der Waals surface area contributed by atoms with E-state index in [9.17, 15) is 9.59 Å². The van der Waals surface area contributed by atoms with Gasteiger partial charge < -0.3 is 15.1 Å². The zero-order chi connectivity index (χ0) is 18.1. The minimum Gasteiger partial charge on any atom is -0.456 e. The lowest BCUT2D eigenvalue weighted by molar-refractivity contribution is -0.115. The molecule has 26 heavy (non-hydrogen) atoms. The molecule has 0 radical (unpaired) electrons. The molecule has 0 unspecified atom stereocenters. The summed E-state index contributed by atoms with van der Waals surface area (Å²) < 4.78 is 6.26. The molecule has 0 aromatic carbocycles. The van der Waals surface area contributed by atoms with Crippen LogP contribution in [-0.2, 0) is 4.79 Å². The minimum absolute atomic E-state index is 0.169. The van der Waals surface area contributed by atoms with E-state index >= 15 is 0 Å². The molecule has 0 bridgehead atoms. The van der Waals surface area contributed by atoms with E-state index in [1.54, 1.807) is 18.3 Å². The fourth-order valence-electron chi connectivity index (χ4n) is 3.28. The number of thiocarbonyl (C=S) groups is 1. The minimum atomic E-state index is -0.242. The van der Waals surface area contributed by atoms with Gasteiger partial charge in [-0.05, 0) is 18.9 Å². The number of thioether (sulfide) groups is 1. The third kappa shape index (κ3) is 3.52. The number of nitrogens with zero attached hydrogens (tertiary/aromatic N) is 1. The van der Waals surface area contributed by atoms with Crippen LogP contribution in [0, 0.1) is 0 Å². The van der Waals surface area contributed by atoms with E-state index in [4.69, 9.17) is 16.6 Å². The smallest absolute Gasteiger partial charge is 0.263 e. The second kappa shape index (κ2) is 7.20. The number of nitrogens with one attached hydrogen (secondary N) is 2. The number of carbonyl (C=O) groups excluding carboxylic acids is 2. The van der Waals surface area contributed by atoms with Gasteiger partial charge in [0.1, 0.15) is 15.6 Å². The molecule has 134 valence electrons. The molecular formula is C18H17N3O3S2. The van der Waals surface area contributed by atoms with Gasteiger partial charge in [0, 0.05) is 29.9 Å². The fraction of sp³-hybridized carbons (Fsp3) is 0.333. The number of hydrogen-bond donors (Lipinski definition) is 2. The van der Waals surface area contributed by atoms with Gasteiger partial charge in [0.15, 0.2) is 5.58 Å². The molecule has 1 aliphatic heterocycles. The molecule has 0 atom stereocenters. The Labute approximate surface area is 159 Å². The molecule has 1 saturated heterocycles. The van der Waals surface area contributed by atoms with E-state index in [2.05, 4.69) is 15.6 Å². The Hall–Kier alpha value is -2.19. The van der Waals surface area contributed by atoms with Crippen molar-refractivity contribution in [2.45, 2.75) is 38.1 Å². The molecule has 6 nitrogen and oxygen atoms in total. The number of pyridine rings is 1. The van der Waals surface area contributed by atoms with Crippen LogP contribution >= 0.6 is 24.0 Å². The average molecular weight is 387 g/mol. The quantitative estimate of drug-likeness (QED) is 0.620. The third-order valence-electron chi connectivity index (χ3n) is 4.54. The van der Waals surface area contributed by atoms with Crippen molar-refractivity contribution in [3.8, 4) is 0 Å². The topological polar surface area (TPSA) is 84.2 Å². The lowest BCUT2D eigenvalue weighted by Gasteiger charge is -2.22. The summed E-state index contributed by atoms with van der Waals surface area (Å²) in [6.07, 6.45) is 10.3. The molecule has 0 spiro atoms. The summed E-state index contributed by atoms with van der Waals surface area (Å²) in [7, 11) is 0. The zero-order valence-electron chi connectivity index (χ0n) is 13.9. The molecule has 2 aliphatic rings. The van der Waals surface area contributed by atoms with E-state index in [1.165, 1.54) is 24.4 Å². The molecule has 2 aromatic rings. The highest BCUT2D eigenvalue weighted by Crippen LogP contribution is 2.29. The predicted octanol–water partition coefficient (Wildman–Crippen LogP) is 3.38. The van der Waals surface area contributed by atoms with Gasteiger partial charge in [0.05, 0.1) is 4.91 Å². The maximum absolute atomic E-state index is 12.7. The number of fused-ring (bicyclic) bond motifs is 1. The van der Waals surface area contributed by atoms with Crippen molar-refractivity contribution in [2.24, 2.45) is 0 Å². The molecule has 1 saturated carbocycles. The van der Waals surface area contributed by atoms with Crippen LogP contribution in [0.5, 0.6) is 0 Å². The Morgan fingerprint density at radius 2 is 2.15 bits per heavy atom. The second-order valence-electron chi connectivity index (χ2n) is 6.41. The predicted molar refractivity (Wildman–Crippen MR) is 105 cm³/mol. The maximum Gasteiger partial charge on any atom is 0.263 e. The van der Waals surface area contributed by atoms with Crippen LogP contribution in [0.4, 0.5) is 0 Å². The average Bonchev–Trinajstić information content (AvgIpc) is 3.17. The highest BCUT2D eigenvalue weighted by atomic mass is 32.2. The van der Waals surface area contributed by atoms with Crippen LogP contribution in [0.2, 0.25) is 0 Å². The molecule has 2 fully saturated rings. The summed E-state index contributed by atoms with van der Waals surface area (Å²) in [5.74, 6) is 0.0774. The van der Waals surface area contributed by atoms with Gasteiger partial charge in [0.25, 0.3) is 11.8 Å². The van der Waals surface area contributed by atoms with Crippen molar-refractivity contribution in [3.63, 3.8) is 0 Å². The van der Waals surface area contributed by atoms with E-state index in [0.717, 1.165) is 31.1 Å². The standard InChI is InChI=1S/C18H17N3O3S2/c22-16(20-11-4-2-1-3-5-11)13-9-19-8-10-6-12(24-15(10)13)7-14-17(23)21-18(25)26-14/h6-9,11H,1-5H2,(H,20,22)(H,21,23,25)/b14-7-. The monoisotopic (exact) mass is 387 g/mol. The van der Waals surface area contributed by atoms with E-state index in [-0.39, 0.29) is 17.9 Å². The maximum atomic E-state index is 12.7.